The minimum absolute atomic E-state index is 0.235. The van der Waals surface area contributed by atoms with Crippen molar-refractivity contribution in [2.45, 2.75) is 25.8 Å². The van der Waals surface area contributed by atoms with Gasteiger partial charge in [0.1, 0.15) is 0 Å². The highest BCUT2D eigenvalue weighted by Crippen LogP contribution is 2.34. The number of hydrogen-bond acceptors (Lipinski definition) is 2. The lowest BCUT2D eigenvalue weighted by Gasteiger charge is -2.16. The van der Waals surface area contributed by atoms with Crippen LogP contribution in [0.25, 0.3) is 0 Å². The minimum atomic E-state index is 0.235. The first-order chi connectivity index (χ1) is 6.79. The number of aliphatic hydroxyl groups is 1. The molecule has 1 unspecified atom stereocenters. The summed E-state index contributed by atoms with van der Waals surface area (Å²) in [5.74, 6) is 0.681. The first-order valence-electron chi connectivity index (χ1n) is 5.23. The van der Waals surface area contributed by atoms with Gasteiger partial charge in [-0.2, -0.15) is 0 Å². The maximum atomic E-state index is 9.20. The Morgan fingerprint density at radius 1 is 1.50 bits per heavy atom. The van der Waals surface area contributed by atoms with Crippen molar-refractivity contribution >= 4 is 5.69 Å². The second-order valence-electron chi connectivity index (χ2n) is 4.14. The van der Waals surface area contributed by atoms with Crippen LogP contribution in [0, 0.1) is 12.8 Å². The van der Waals surface area contributed by atoms with Crippen LogP contribution < -0.4 is 5.32 Å². The predicted octanol–water partition coefficient (Wildman–Crippen LogP) is 2.18. The largest absolute Gasteiger partial charge is 0.394 e. The molecule has 0 aromatic heterocycles. The van der Waals surface area contributed by atoms with Crippen LogP contribution >= 0.6 is 0 Å². The molecule has 0 amide bonds. The summed E-state index contributed by atoms with van der Waals surface area (Å²) < 4.78 is 0. The highest BCUT2D eigenvalue weighted by Gasteiger charge is 2.30. The number of nitrogens with one attached hydrogen (secondary N) is 1. The highest BCUT2D eigenvalue weighted by molar-refractivity contribution is 5.46. The molecular formula is C12H17NO. The fourth-order valence-corrected chi connectivity index (χ4v) is 1.76. The van der Waals surface area contributed by atoms with Crippen molar-refractivity contribution in [2.75, 3.05) is 11.9 Å². The van der Waals surface area contributed by atoms with E-state index in [1.54, 1.807) is 0 Å². The van der Waals surface area contributed by atoms with Gasteiger partial charge < -0.3 is 10.4 Å². The van der Waals surface area contributed by atoms with Crippen molar-refractivity contribution < 1.29 is 5.11 Å². The van der Waals surface area contributed by atoms with Crippen molar-refractivity contribution in [3.8, 4) is 0 Å². The van der Waals surface area contributed by atoms with Crippen molar-refractivity contribution in [2.24, 2.45) is 5.92 Å². The van der Waals surface area contributed by atoms with Crippen molar-refractivity contribution in [1.29, 1.82) is 0 Å². The molecule has 76 valence electrons. The van der Waals surface area contributed by atoms with Crippen LogP contribution in [0.2, 0.25) is 0 Å². The van der Waals surface area contributed by atoms with Crippen LogP contribution in [-0.4, -0.2) is 17.8 Å². The molecule has 1 aliphatic rings. The van der Waals surface area contributed by atoms with Gasteiger partial charge in [0.25, 0.3) is 0 Å². The van der Waals surface area contributed by atoms with Gasteiger partial charge in [0, 0.05) is 5.69 Å². The monoisotopic (exact) mass is 191 g/mol. The van der Waals surface area contributed by atoms with Gasteiger partial charge >= 0.3 is 0 Å². The Morgan fingerprint density at radius 2 is 2.29 bits per heavy atom. The van der Waals surface area contributed by atoms with Crippen LogP contribution in [-0.2, 0) is 0 Å². The maximum Gasteiger partial charge on any atom is 0.0635 e. The molecule has 0 radical (unpaired) electrons. The number of anilines is 1. The Kier molecular flexibility index (Phi) is 2.73. The smallest absolute Gasteiger partial charge is 0.0635 e. The van der Waals surface area contributed by atoms with Crippen molar-refractivity contribution in [1.82, 2.24) is 0 Å². The molecule has 0 heterocycles. The quantitative estimate of drug-likeness (QED) is 0.764. The zero-order valence-electron chi connectivity index (χ0n) is 8.53. The number of aliphatic hydroxyl groups excluding tert-OH is 1. The molecule has 1 aliphatic carbocycles. The molecule has 2 rings (SSSR count). The summed E-state index contributed by atoms with van der Waals surface area (Å²) in [4.78, 5) is 0. The van der Waals surface area contributed by atoms with Crippen molar-refractivity contribution in [3.05, 3.63) is 29.8 Å². The molecule has 2 N–H and O–H groups in total. The molecule has 14 heavy (non-hydrogen) atoms. The topological polar surface area (TPSA) is 32.3 Å². The molecular weight excluding hydrogens is 174 g/mol. The molecule has 1 aromatic carbocycles. The molecule has 2 heteroatoms. The molecule has 0 aliphatic heterocycles. The van der Waals surface area contributed by atoms with E-state index in [2.05, 4.69) is 30.4 Å². The van der Waals surface area contributed by atoms with E-state index in [1.807, 2.05) is 6.07 Å². The Morgan fingerprint density at radius 3 is 2.86 bits per heavy atom. The van der Waals surface area contributed by atoms with Gasteiger partial charge in [-0.1, -0.05) is 12.1 Å². The second kappa shape index (κ2) is 4.01. The van der Waals surface area contributed by atoms with E-state index in [0.29, 0.717) is 5.92 Å². The molecule has 1 fully saturated rings. The molecule has 1 aromatic rings. The highest BCUT2D eigenvalue weighted by atomic mass is 16.3. The van der Waals surface area contributed by atoms with Crippen LogP contribution in [0.4, 0.5) is 5.69 Å². The van der Waals surface area contributed by atoms with E-state index in [-0.39, 0.29) is 12.6 Å². The normalized spacial score (nSPS) is 17.9. The fraction of sp³-hybridized carbons (Fsp3) is 0.500. The van der Waals surface area contributed by atoms with Gasteiger partial charge in [0.05, 0.1) is 12.6 Å². The molecule has 0 bridgehead atoms. The number of rotatable bonds is 4. The first-order valence-corrected chi connectivity index (χ1v) is 5.23. The predicted molar refractivity (Wildman–Crippen MR) is 58.4 cm³/mol. The van der Waals surface area contributed by atoms with Gasteiger partial charge in [-0.3, -0.25) is 0 Å². The van der Waals surface area contributed by atoms with E-state index < -0.39 is 0 Å². The number of hydrogen-bond donors (Lipinski definition) is 2. The Hall–Kier alpha value is -1.02. The zero-order chi connectivity index (χ0) is 9.97. The summed E-state index contributed by atoms with van der Waals surface area (Å²) >= 11 is 0. The van der Waals surface area contributed by atoms with Crippen LogP contribution in [0.15, 0.2) is 24.3 Å². The standard InChI is InChI=1S/C12H17NO/c1-9-3-2-4-11(7-9)13-12(8-14)10-5-6-10/h2-4,7,10,12-14H,5-6,8H2,1H3. The first kappa shape index (κ1) is 9.53. The molecule has 0 spiro atoms. The SMILES string of the molecule is Cc1cccc(NC(CO)C2CC2)c1. The fourth-order valence-electron chi connectivity index (χ4n) is 1.76. The van der Waals surface area contributed by atoms with Crippen LogP contribution in [0.1, 0.15) is 18.4 Å². The Balaban J connectivity index is 2.01. The number of benzene rings is 1. The van der Waals surface area contributed by atoms with E-state index in [4.69, 9.17) is 0 Å². The molecule has 1 atom stereocenters. The third-order valence-electron chi connectivity index (χ3n) is 2.76. The summed E-state index contributed by atoms with van der Waals surface area (Å²) in [7, 11) is 0. The Labute approximate surface area is 85.0 Å². The average Bonchev–Trinajstić information content (AvgIpc) is 2.97. The third-order valence-corrected chi connectivity index (χ3v) is 2.76. The Bertz CT molecular complexity index is 307. The lowest BCUT2D eigenvalue weighted by molar-refractivity contribution is 0.263. The van der Waals surface area contributed by atoms with Gasteiger partial charge in [-0.05, 0) is 43.4 Å². The lowest BCUT2D eigenvalue weighted by Crippen LogP contribution is -2.25. The van der Waals surface area contributed by atoms with Gasteiger partial charge in [0.15, 0.2) is 0 Å². The van der Waals surface area contributed by atoms with E-state index in [1.165, 1.54) is 18.4 Å². The third kappa shape index (κ3) is 2.26. The van der Waals surface area contributed by atoms with Gasteiger partial charge in [-0.25, -0.2) is 0 Å². The van der Waals surface area contributed by atoms with Crippen LogP contribution in [0.3, 0.4) is 0 Å². The van der Waals surface area contributed by atoms with Crippen LogP contribution in [0.5, 0.6) is 0 Å². The van der Waals surface area contributed by atoms with Crippen molar-refractivity contribution in [3.63, 3.8) is 0 Å². The summed E-state index contributed by atoms with van der Waals surface area (Å²) in [5, 5.41) is 12.6. The lowest BCUT2D eigenvalue weighted by atomic mass is 10.1. The molecule has 2 nitrogen and oxygen atoms in total. The maximum absolute atomic E-state index is 9.20. The summed E-state index contributed by atoms with van der Waals surface area (Å²) in [6.07, 6.45) is 2.51. The summed E-state index contributed by atoms with van der Waals surface area (Å²) in [6.45, 7) is 2.31. The van der Waals surface area contributed by atoms with E-state index in [0.717, 1.165) is 5.69 Å². The van der Waals surface area contributed by atoms with Gasteiger partial charge in [0.2, 0.25) is 0 Å². The average molecular weight is 191 g/mol. The molecule has 1 saturated carbocycles. The van der Waals surface area contributed by atoms with E-state index in [9.17, 15) is 5.11 Å². The second-order valence-corrected chi connectivity index (χ2v) is 4.14. The minimum Gasteiger partial charge on any atom is -0.394 e. The van der Waals surface area contributed by atoms with Gasteiger partial charge in [-0.15, -0.1) is 0 Å². The zero-order valence-corrected chi connectivity index (χ0v) is 8.53. The summed E-state index contributed by atoms with van der Waals surface area (Å²) in [6, 6.07) is 8.54. The van der Waals surface area contributed by atoms with E-state index >= 15 is 0 Å². The number of aryl methyl sites for hydroxylation is 1. The summed E-state index contributed by atoms with van der Waals surface area (Å²) in [5.41, 5.74) is 2.37. The molecule has 0 saturated heterocycles.